The highest BCUT2D eigenvalue weighted by Gasteiger charge is 2.73. The zero-order chi connectivity index (χ0) is 20.6. The number of esters is 1. The highest BCUT2D eigenvalue weighted by molar-refractivity contribution is 9.10. The van der Waals surface area contributed by atoms with Crippen LogP contribution in [0.3, 0.4) is 0 Å². The van der Waals surface area contributed by atoms with Gasteiger partial charge >= 0.3 is 5.97 Å². The molecular formula is C21H18Br2O5. The molecule has 5 nitrogen and oxygen atoms in total. The first-order valence-corrected chi connectivity index (χ1v) is 10.3. The van der Waals surface area contributed by atoms with Crippen LogP contribution in [0.25, 0.3) is 0 Å². The van der Waals surface area contributed by atoms with E-state index in [1.165, 1.54) is 0 Å². The van der Waals surface area contributed by atoms with Crippen LogP contribution in [0, 0.1) is 5.41 Å². The molecule has 0 aliphatic heterocycles. The summed E-state index contributed by atoms with van der Waals surface area (Å²) >= 11 is 6.68. The molecule has 2 N–H and O–H groups in total. The first-order chi connectivity index (χ1) is 12.9. The van der Waals surface area contributed by atoms with Gasteiger partial charge in [0.1, 0.15) is 0 Å². The van der Waals surface area contributed by atoms with E-state index in [9.17, 15) is 19.8 Å². The number of hydrogen-bond acceptors (Lipinski definition) is 5. The Morgan fingerprint density at radius 2 is 1.64 bits per heavy atom. The zero-order valence-electron chi connectivity index (χ0n) is 15.4. The summed E-state index contributed by atoms with van der Waals surface area (Å²) in [7, 11) is 0. The van der Waals surface area contributed by atoms with Crippen molar-refractivity contribution >= 4 is 43.6 Å². The summed E-state index contributed by atoms with van der Waals surface area (Å²) in [5.41, 5.74) is -4.12. The molecular weight excluding hydrogens is 492 g/mol. The van der Waals surface area contributed by atoms with Crippen LogP contribution < -0.4 is 0 Å². The quantitative estimate of drug-likeness (QED) is 0.565. The summed E-state index contributed by atoms with van der Waals surface area (Å²) in [4.78, 5) is 25.9. The van der Waals surface area contributed by atoms with E-state index in [0.29, 0.717) is 14.5 Å². The molecule has 0 radical (unpaired) electrons. The number of carbonyl (C=O) groups is 2. The van der Waals surface area contributed by atoms with Crippen molar-refractivity contribution in [1.82, 2.24) is 0 Å². The number of carbonyl (C=O) groups excluding carboxylic acids is 2. The molecule has 0 heterocycles. The summed E-state index contributed by atoms with van der Waals surface area (Å²) in [5, 5.41) is 23.4. The Balaban J connectivity index is 2.00. The molecule has 2 aliphatic rings. The van der Waals surface area contributed by atoms with E-state index in [1.54, 1.807) is 57.2 Å². The van der Waals surface area contributed by atoms with Crippen molar-refractivity contribution in [3.8, 4) is 0 Å². The molecule has 0 spiro atoms. The Bertz CT molecular complexity index is 1040. The minimum Gasteiger partial charge on any atom is -0.453 e. The normalized spacial score (nSPS) is 28.0. The minimum absolute atomic E-state index is 0.196. The summed E-state index contributed by atoms with van der Waals surface area (Å²) in [5.74, 6) is -1.16. The van der Waals surface area contributed by atoms with Gasteiger partial charge in [-0.3, -0.25) is 9.59 Å². The largest absolute Gasteiger partial charge is 0.453 e. The van der Waals surface area contributed by atoms with Gasteiger partial charge in [-0.1, -0.05) is 44.0 Å². The topological polar surface area (TPSA) is 83.8 Å². The van der Waals surface area contributed by atoms with Gasteiger partial charge in [-0.2, -0.15) is 0 Å². The van der Waals surface area contributed by atoms with Crippen LogP contribution >= 0.6 is 31.9 Å². The lowest BCUT2D eigenvalue weighted by Gasteiger charge is -2.36. The molecule has 146 valence electrons. The molecule has 0 fully saturated rings. The van der Waals surface area contributed by atoms with Crippen molar-refractivity contribution in [3.05, 3.63) is 67.6 Å². The van der Waals surface area contributed by atoms with Crippen molar-refractivity contribution in [1.29, 1.82) is 0 Å². The number of rotatable bonds is 1. The van der Waals surface area contributed by atoms with Crippen LogP contribution in [0.15, 0.2) is 45.3 Å². The molecule has 0 amide bonds. The fourth-order valence-corrected chi connectivity index (χ4v) is 4.71. The summed E-state index contributed by atoms with van der Waals surface area (Å²) in [6, 6.07) is 9.78. The second-order valence-corrected chi connectivity index (χ2v) is 10.1. The zero-order valence-corrected chi connectivity index (χ0v) is 18.6. The minimum atomic E-state index is -2.25. The lowest BCUT2D eigenvalue weighted by Crippen LogP contribution is -2.49. The second-order valence-electron chi connectivity index (χ2n) is 8.26. The van der Waals surface area contributed by atoms with Crippen molar-refractivity contribution in [2.45, 2.75) is 38.1 Å². The number of halogens is 2. The summed E-state index contributed by atoms with van der Waals surface area (Å²) < 4.78 is 7.01. The lowest BCUT2D eigenvalue weighted by atomic mass is 9.82. The first kappa shape index (κ1) is 19.8. The third kappa shape index (κ3) is 2.36. The van der Waals surface area contributed by atoms with E-state index < -0.39 is 34.5 Å². The van der Waals surface area contributed by atoms with Crippen LogP contribution in [0.1, 0.15) is 53.9 Å². The third-order valence-corrected chi connectivity index (χ3v) is 6.41. The fraction of sp³-hybridized carbons (Fsp3) is 0.333. The predicted molar refractivity (Wildman–Crippen MR) is 109 cm³/mol. The molecule has 2 aromatic carbocycles. The number of hydrogen-bond donors (Lipinski definition) is 2. The van der Waals surface area contributed by atoms with Gasteiger partial charge in [0, 0.05) is 31.2 Å². The van der Waals surface area contributed by atoms with E-state index in [4.69, 9.17) is 4.74 Å². The van der Waals surface area contributed by atoms with Gasteiger partial charge in [-0.15, -0.1) is 0 Å². The van der Waals surface area contributed by atoms with E-state index in [0.717, 1.165) is 0 Å². The molecule has 0 bridgehead atoms. The molecule has 28 heavy (non-hydrogen) atoms. The predicted octanol–water partition coefficient (Wildman–Crippen LogP) is 4.13. The summed E-state index contributed by atoms with van der Waals surface area (Å²) in [6.07, 6.45) is -1.22. The molecule has 3 atom stereocenters. The molecule has 0 unspecified atom stereocenters. The number of Topliss-reactive ketones (excluding diaryl/α,β-unsaturated/α-hetero) is 1. The Hall–Kier alpha value is -1.54. The van der Waals surface area contributed by atoms with Crippen LogP contribution in [-0.2, 0) is 20.7 Å². The van der Waals surface area contributed by atoms with Crippen molar-refractivity contribution < 1.29 is 24.5 Å². The molecule has 0 aromatic heterocycles. The highest BCUT2D eigenvalue weighted by atomic mass is 79.9. The van der Waals surface area contributed by atoms with Crippen molar-refractivity contribution in [2.24, 2.45) is 5.41 Å². The lowest BCUT2D eigenvalue weighted by molar-refractivity contribution is -0.201. The van der Waals surface area contributed by atoms with Crippen LogP contribution in [-0.4, -0.2) is 22.0 Å². The van der Waals surface area contributed by atoms with Crippen molar-refractivity contribution in [2.75, 3.05) is 0 Å². The number of ether oxygens (including phenoxy) is 1. The fourth-order valence-electron chi connectivity index (χ4n) is 3.99. The van der Waals surface area contributed by atoms with E-state index in [2.05, 4.69) is 31.9 Å². The number of aliphatic hydroxyl groups is 2. The molecule has 2 aliphatic carbocycles. The van der Waals surface area contributed by atoms with Crippen LogP contribution in [0.5, 0.6) is 0 Å². The van der Waals surface area contributed by atoms with Gasteiger partial charge in [-0.05, 0) is 45.0 Å². The Morgan fingerprint density at radius 3 is 2.29 bits per heavy atom. The van der Waals surface area contributed by atoms with Gasteiger partial charge in [0.2, 0.25) is 5.78 Å². The van der Waals surface area contributed by atoms with E-state index in [1.807, 2.05) is 0 Å². The molecule has 0 saturated carbocycles. The van der Waals surface area contributed by atoms with E-state index in [-0.39, 0.29) is 16.7 Å². The number of fused-ring (bicyclic) bond motifs is 5. The third-order valence-electron chi connectivity index (χ3n) is 5.42. The Labute approximate surface area is 179 Å². The van der Waals surface area contributed by atoms with Crippen molar-refractivity contribution in [3.63, 3.8) is 0 Å². The van der Waals surface area contributed by atoms with E-state index >= 15 is 0 Å². The molecule has 4 rings (SSSR count). The number of benzene rings is 2. The standard InChI is InChI=1S/C21H18Br2O5/c1-19(2,3)18(25)28-17-12-6-4-11(23)9-15(12)20(26)16(24)13-8-10(22)5-7-14(13)21(17,20)27/h4-9,17,26-27H,1-3H3/t17-,20-,21-/m1/s1. The van der Waals surface area contributed by atoms with Gasteiger partial charge in [-0.25, -0.2) is 0 Å². The maximum Gasteiger partial charge on any atom is 0.311 e. The maximum absolute atomic E-state index is 13.3. The average molecular weight is 510 g/mol. The monoisotopic (exact) mass is 508 g/mol. The van der Waals surface area contributed by atoms with Gasteiger partial charge < -0.3 is 14.9 Å². The van der Waals surface area contributed by atoms with Crippen LogP contribution in [0.4, 0.5) is 0 Å². The summed E-state index contributed by atoms with van der Waals surface area (Å²) in [6.45, 7) is 5.11. The average Bonchev–Trinajstić information content (AvgIpc) is 2.90. The SMILES string of the molecule is CC(C)(C)C(=O)O[C@@H]1c2ccc(Br)cc2[C@@]2(O)C(=O)c3cc(Br)ccc3[C@@]12O. The smallest absolute Gasteiger partial charge is 0.311 e. The Kier molecular flexibility index (Phi) is 4.22. The second kappa shape index (κ2) is 5.98. The number of ketones is 1. The van der Waals surface area contributed by atoms with Gasteiger partial charge in [0.25, 0.3) is 0 Å². The molecule has 0 saturated heterocycles. The van der Waals surface area contributed by atoms with Crippen LogP contribution in [0.2, 0.25) is 0 Å². The first-order valence-electron chi connectivity index (χ1n) is 8.73. The maximum atomic E-state index is 13.3. The van der Waals surface area contributed by atoms with Gasteiger partial charge in [0.05, 0.1) is 5.41 Å². The Morgan fingerprint density at radius 1 is 1.04 bits per heavy atom. The molecule has 2 aromatic rings. The van der Waals surface area contributed by atoms with Gasteiger partial charge in [0.15, 0.2) is 17.3 Å². The molecule has 7 heteroatoms. The highest BCUT2D eigenvalue weighted by Crippen LogP contribution is 2.63.